The minimum Gasteiger partial charge on any atom is -0.367 e. The molecule has 0 saturated heterocycles. The Morgan fingerprint density at radius 2 is 1.46 bits per heavy atom. The Morgan fingerprint density at radius 1 is 0.750 bits per heavy atom. The predicted molar refractivity (Wildman–Crippen MR) is 106 cm³/mol. The number of anilines is 1. The van der Waals surface area contributed by atoms with Crippen molar-refractivity contribution in [1.82, 2.24) is 4.57 Å². The molecule has 4 aromatic rings. The van der Waals surface area contributed by atoms with Crippen LogP contribution in [0.25, 0.3) is 10.9 Å². The second kappa shape index (κ2) is 7.43. The van der Waals surface area contributed by atoms with Crippen LogP contribution < -0.4 is 5.32 Å². The van der Waals surface area contributed by atoms with Crippen LogP contribution >= 0.6 is 0 Å². The summed E-state index contributed by atoms with van der Waals surface area (Å²) >= 11 is 0. The highest BCUT2D eigenvalue weighted by Gasteiger charge is 2.30. The zero-order chi connectivity index (χ0) is 19.6. The van der Waals surface area contributed by atoms with E-state index in [1.165, 1.54) is 12.1 Å². The van der Waals surface area contributed by atoms with Crippen molar-refractivity contribution in [2.75, 3.05) is 5.32 Å². The van der Waals surface area contributed by atoms with Gasteiger partial charge in [-0.2, -0.15) is 13.2 Å². The number of hydrogen-bond acceptors (Lipinski definition) is 1. The molecule has 0 fully saturated rings. The molecule has 4 rings (SSSR count). The lowest BCUT2D eigenvalue weighted by Gasteiger charge is -2.14. The fourth-order valence-electron chi connectivity index (χ4n) is 3.34. The minimum absolute atomic E-state index is 0.315. The zero-order valence-corrected chi connectivity index (χ0v) is 15.1. The Morgan fingerprint density at radius 3 is 2.25 bits per heavy atom. The number of nitrogens with one attached hydrogen (secondary N) is 1. The summed E-state index contributed by atoms with van der Waals surface area (Å²) in [6.45, 7) is 0.994. The van der Waals surface area contributed by atoms with Crippen LogP contribution in [0.3, 0.4) is 0 Å². The normalized spacial score (nSPS) is 11.7. The van der Waals surface area contributed by atoms with Crippen molar-refractivity contribution >= 4 is 16.7 Å². The van der Waals surface area contributed by atoms with Gasteiger partial charge in [0.2, 0.25) is 0 Å². The smallest absolute Gasteiger partial charge is 0.367 e. The van der Waals surface area contributed by atoms with Gasteiger partial charge < -0.3 is 9.88 Å². The Kier molecular flexibility index (Phi) is 4.82. The first-order chi connectivity index (χ1) is 13.5. The molecule has 0 spiro atoms. The molecule has 0 aliphatic carbocycles. The van der Waals surface area contributed by atoms with Gasteiger partial charge in [-0.05, 0) is 35.4 Å². The third-order valence-corrected chi connectivity index (χ3v) is 4.72. The third kappa shape index (κ3) is 3.88. The lowest BCUT2D eigenvalue weighted by Crippen LogP contribution is -2.09. The van der Waals surface area contributed by atoms with Gasteiger partial charge in [0.1, 0.15) is 5.82 Å². The number of rotatable bonds is 5. The van der Waals surface area contributed by atoms with Crippen molar-refractivity contribution in [2.24, 2.45) is 0 Å². The minimum atomic E-state index is -4.34. The first-order valence-corrected chi connectivity index (χ1v) is 9.03. The van der Waals surface area contributed by atoms with Crippen molar-refractivity contribution in [3.8, 4) is 0 Å². The quantitative estimate of drug-likeness (QED) is 0.429. The van der Waals surface area contributed by atoms with Crippen LogP contribution in [0.15, 0.2) is 84.9 Å². The highest BCUT2D eigenvalue weighted by atomic mass is 19.4. The van der Waals surface area contributed by atoms with Crippen molar-refractivity contribution < 1.29 is 13.2 Å². The van der Waals surface area contributed by atoms with E-state index in [2.05, 4.69) is 22.0 Å². The zero-order valence-electron chi connectivity index (χ0n) is 15.1. The number of fused-ring (bicyclic) bond motifs is 1. The topological polar surface area (TPSA) is 17.0 Å². The van der Waals surface area contributed by atoms with E-state index in [-0.39, 0.29) is 0 Å². The van der Waals surface area contributed by atoms with Crippen molar-refractivity contribution in [3.05, 3.63) is 102 Å². The SMILES string of the molecule is FC(F)(F)c1cccc(CNc2cc3ccccc3n2Cc2ccccc2)c1. The maximum atomic E-state index is 13.0. The van der Waals surface area contributed by atoms with Gasteiger partial charge in [0.05, 0.1) is 11.1 Å². The Labute approximate surface area is 161 Å². The highest BCUT2D eigenvalue weighted by Crippen LogP contribution is 2.30. The summed E-state index contributed by atoms with van der Waals surface area (Å²) < 4.78 is 41.0. The van der Waals surface area contributed by atoms with Crippen LogP contribution in [0, 0.1) is 0 Å². The molecule has 5 heteroatoms. The summed E-state index contributed by atoms with van der Waals surface area (Å²) in [6.07, 6.45) is -4.34. The highest BCUT2D eigenvalue weighted by molar-refractivity contribution is 5.85. The van der Waals surface area contributed by atoms with E-state index < -0.39 is 11.7 Å². The number of alkyl halides is 3. The van der Waals surface area contributed by atoms with Gasteiger partial charge in [-0.1, -0.05) is 60.7 Å². The maximum absolute atomic E-state index is 13.0. The van der Waals surface area contributed by atoms with E-state index in [9.17, 15) is 13.2 Å². The Bertz CT molecular complexity index is 1080. The molecule has 0 saturated carbocycles. The van der Waals surface area contributed by atoms with Gasteiger partial charge in [-0.15, -0.1) is 0 Å². The molecular weight excluding hydrogens is 361 g/mol. The van der Waals surface area contributed by atoms with Gasteiger partial charge in [-0.25, -0.2) is 0 Å². The van der Waals surface area contributed by atoms with E-state index in [1.807, 2.05) is 48.5 Å². The summed E-state index contributed by atoms with van der Waals surface area (Å²) in [5, 5.41) is 4.40. The molecule has 142 valence electrons. The number of aromatic nitrogens is 1. The molecular formula is C23H19F3N2. The second-order valence-corrected chi connectivity index (χ2v) is 6.71. The van der Waals surface area contributed by atoms with E-state index in [1.54, 1.807) is 6.07 Å². The maximum Gasteiger partial charge on any atom is 0.416 e. The lowest BCUT2D eigenvalue weighted by atomic mass is 10.1. The molecule has 0 unspecified atom stereocenters. The molecule has 0 aliphatic rings. The lowest BCUT2D eigenvalue weighted by molar-refractivity contribution is -0.137. The molecule has 0 radical (unpaired) electrons. The van der Waals surface area contributed by atoms with Crippen molar-refractivity contribution in [3.63, 3.8) is 0 Å². The molecule has 0 bridgehead atoms. The fourth-order valence-corrected chi connectivity index (χ4v) is 3.34. The molecule has 28 heavy (non-hydrogen) atoms. The summed E-state index contributed by atoms with van der Waals surface area (Å²) in [4.78, 5) is 0. The van der Waals surface area contributed by atoms with Crippen LogP contribution in [-0.2, 0) is 19.3 Å². The van der Waals surface area contributed by atoms with Gasteiger partial charge in [-0.3, -0.25) is 0 Å². The average Bonchev–Trinajstić information content (AvgIpc) is 3.04. The summed E-state index contributed by atoms with van der Waals surface area (Å²) in [7, 11) is 0. The van der Waals surface area contributed by atoms with Crippen LogP contribution in [0.4, 0.5) is 19.0 Å². The summed E-state index contributed by atoms with van der Waals surface area (Å²) in [5.41, 5.74) is 2.20. The third-order valence-electron chi connectivity index (χ3n) is 4.72. The van der Waals surface area contributed by atoms with E-state index in [4.69, 9.17) is 0 Å². The fraction of sp³-hybridized carbons (Fsp3) is 0.130. The molecule has 0 aliphatic heterocycles. The monoisotopic (exact) mass is 380 g/mol. The van der Waals surface area contributed by atoms with E-state index >= 15 is 0 Å². The summed E-state index contributed by atoms with van der Waals surface area (Å²) in [5.74, 6) is 0.877. The van der Waals surface area contributed by atoms with Gasteiger partial charge in [0.25, 0.3) is 0 Å². The van der Waals surface area contributed by atoms with E-state index in [0.717, 1.165) is 28.4 Å². The molecule has 0 amide bonds. The number of hydrogen-bond donors (Lipinski definition) is 1. The predicted octanol–water partition coefficient (Wildman–Crippen LogP) is 6.32. The van der Waals surface area contributed by atoms with Crippen molar-refractivity contribution in [2.45, 2.75) is 19.3 Å². The number of halogens is 3. The van der Waals surface area contributed by atoms with Crippen LogP contribution in [0.5, 0.6) is 0 Å². The van der Waals surface area contributed by atoms with Crippen molar-refractivity contribution in [1.29, 1.82) is 0 Å². The first-order valence-electron chi connectivity index (χ1n) is 9.03. The molecule has 0 atom stereocenters. The summed E-state index contributed by atoms with van der Waals surface area (Å²) in [6, 6.07) is 25.6. The van der Waals surface area contributed by atoms with Gasteiger partial charge >= 0.3 is 6.18 Å². The second-order valence-electron chi connectivity index (χ2n) is 6.71. The molecule has 1 heterocycles. The number of nitrogens with zero attached hydrogens (tertiary/aromatic N) is 1. The number of para-hydroxylation sites is 1. The molecule has 2 nitrogen and oxygen atoms in total. The van der Waals surface area contributed by atoms with Gasteiger partial charge in [0, 0.05) is 18.5 Å². The Balaban J connectivity index is 1.63. The van der Waals surface area contributed by atoms with Crippen LogP contribution in [0.1, 0.15) is 16.7 Å². The van der Waals surface area contributed by atoms with Crippen LogP contribution in [0.2, 0.25) is 0 Å². The first kappa shape index (κ1) is 18.2. The largest absolute Gasteiger partial charge is 0.416 e. The average molecular weight is 380 g/mol. The Hall–Kier alpha value is -3.21. The standard InChI is InChI=1S/C23H19F3N2/c24-23(25,26)20-11-6-9-18(13-20)15-27-22-14-19-10-4-5-12-21(19)28(22)16-17-7-2-1-3-8-17/h1-14,27H,15-16H2. The van der Waals surface area contributed by atoms with Crippen LogP contribution in [-0.4, -0.2) is 4.57 Å². The van der Waals surface area contributed by atoms with E-state index in [0.29, 0.717) is 18.7 Å². The molecule has 1 aromatic heterocycles. The van der Waals surface area contributed by atoms with Gasteiger partial charge in [0.15, 0.2) is 0 Å². The molecule has 1 N–H and O–H groups in total. The molecule has 3 aromatic carbocycles. The number of benzene rings is 3.